The predicted molar refractivity (Wildman–Crippen MR) is 79.8 cm³/mol. The van der Waals surface area contributed by atoms with Crippen LogP contribution in [0.4, 0.5) is 5.82 Å². The average molecular weight is 265 g/mol. The van der Waals surface area contributed by atoms with Crippen LogP contribution in [0, 0.1) is 6.92 Å². The van der Waals surface area contributed by atoms with Crippen LogP contribution >= 0.6 is 0 Å². The Morgan fingerprint density at radius 3 is 2.42 bits per heavy atom. The van der Waals surface area contributed by atoms with Crippen LogP contribution in [0.5, 0.6) is 0 Å². The van der Waals surface area contributed by atoms with Gasteiger partial charge in [0.15, 0.2) is 0 Å². The van der Waals surface area contributed by atoms with Crippen LogP contribution in [0.15, 0.2) is 0 Å². The van der Waals surface area contributed by atoms with E-state index in [-0.39, 0.29) is 6.10 Å². The number of hydrogen-bond donors (Lipinski definition) is 1. The number of aromatic nitrogens is 2. The van der Waals surface area contributed by atoms with Gasteiger partial charge in [-0.1, -0.05) is 20.8 Å². The zero-order valence-corrected chi connectivity index (χ0v) is 13.1. The van der Waals surface area contributed by atoms with E-state index in [1.165, 1.54) is 5.56 Å². The Balaban J connectivity index is 3.07. The molecule has 0 saturated heterocycles. The van der Waals surface area contributed by atoms with Crippen molar-refractivity contribution in [1.29, 1.82) is 0 Å². The number of nitrogens with zero attached hydrogens (tertiary/aromatic N) is 2. The third kappa shape index (κ3) is 4.46. The summed E-state index contributed by atoms with van der Waals surface area (Å²) in [5, 5.41) is 3.42. The highest BCUT2D eigenvalue weighted by atomic mass is 16.5. The second-order valence-corrected chi connectivity index (χ2v) is 5.32. The molecule has 0 radical (unpaired) electrons. The molecule has 1 rings (SSSR count). The monoisotopic (exact) mass is 265 g/mol. The Kier molecular flexibility index (Phi) is 6.22. The molecule has 1 aromatic rings. The smallest absolute Gasteiger partial charge is 0.133 e. The zero-order chi connectivity index (χ0) is 14.4. The number of methoxy groups -OCH3 is 1. The first kappa shape index (κ1) is 15.9. The lowest BCUT2D eigenvalue weighted by Gasteiger charge is -2.18. The Bertz CT molecular complexity index is 405. The molecule has 1 heterocycles. The maximum atomic E-state index is 5.29. The predicted octanol–water partition coefficient (Wildman–Crippen LogP) is 3.31. The van der Waals surface area contributed by atoms with Gasteiger partial charge in [0.1, 0.15) is 11.6 Å². The number of aryl methyl sites for hydroxylation is 1. The lowest BCUT2D eigenvalue weighted by atomic mass is 10.0. The summed E-state index contributed by atoms with van der Waals surface area (Å²) in [6, 6.07) is 0. The quantitative estimate of drug-likeness (QED) is 0.821. The Hall–Kier alpha value is -1.16. The maximum Gasteiger partial charge on any atom is 0.133 e. The fraction of sp³-hybridized carbons (Fsp3) is 0.733. The average Bonchev–Trinajstić information content (AvgIpc) is 2.34. The number of rotatable bonds is 7. The van der Waals surface area contributed by atoms with Gasteiger partial charge in [-0.3, -0.25) is 0 Å². The fourth-order valence-corrected chi connectivity index (χ4v) is 2.14. The molecule has 0 spiro atoms. The van der Waals surface area contributed by atoms with E-state index < -0.39 is 0 Å². The topological polar surface area (TPSA) is 47.0 Å². The lowest BCUT2D eigenvalue weighted by Crippen LogP contribution is -2.16. The van der Waals surface area contributed by atoms with Gasteiger partial charge in [0, 0.05) is 31.3 Å². The van der Waals surface area contributed by atoms with Crippen molar-refractivity contribution >= 4 is 5.82 Å². The summed E-state index contributed by atoms with van der Waals surface area (Å²) >= 11 is 0. The van der Waals surface area contributed by atoms with Crippen LogP contribution < -0.4 is 5.32 Å². The van der Waals surface area contributed by atoms with Crippen LogP contribution in [0.2, 0.25) is 0 Å². The summed E-state index contributed by atoms with van der Waals surface area (Å²) in [4.78, 5) is 9.30. The summed E-state index contributed by atoms with van der Waals surface area (Å²) in [7, 11) is 1.72. The third-order valence-electron chi connectivity index (χ3n) is 3.17. The molecular formula is C15H27N3O. The molecule has 0 aliphatic carbocycles. The molecule has 108 valence electrons. The summed E-state index contributed by atoms with van der Waals surface area (Å²) in [6.45, 7) is 11.6. The van der Waals surface area contributed by atoms with Gasteiger partial charge in [-0.05, 0) is 26.2 Å². The molecule has 19 heavy (non-hydrogen) atoms. The molecule has 4 nitrogen and oxygen atoms in total. The minimum absolute atomic E-state index is 0.142. The molecular weight excluding hydrogens is 238 g/mol. The maximum absolute atomic E-state index is 5.29. The Morgan fingerprint density at radius 2 is 1.89 bits per heavy atom. The molecule has 0 aliphatic heterocycles. The van der Waals surface area contributed by atoms with Crippen molar-refractivity contribution in [2.75, 3.05) is 19.0 Å². The third-order valence-corrected chi connectivity index (χ3v) is 3.17. The fourth-order valence-electron chi connectivity index (χ4n) is 2.14. The summed E-state index contributed by atoms with van der Waals surface area (Å²) < 4.78 is 5.29. The highest BCUT2D eigenvalue weighted by Crippen LogP contribution is 2.25. The molecule has 0 aromatic carbocycles. The number of anilines is 1. The van der Waals surface area contributed by atoms with Gasteiger partial charge in [0.25, 0.3) is 0 Å². The molecule has 1 N–H and O–H groups in total. The normalized spacial score (nSPS) is 12.8. The minimum Gasteiger partial charge on any atom is -0.381 e. The number of hydrogen-bond acceptors (Lipinski definition) is 4. The van der Waals surface area contributed by atoms with Crippen molar-refractivity contribution in [3.63, 3.8) is 0 Å². The number of ether oxygens (including phenoxy) is 1. The van der Waals surface area contributed by atoms with E-state index in [9.17, 15) is 0 Å². The van der Waals surface area contributed by atoms with Crippen molar-refractivity contribution in [3.8, 4) is 0 Å². The molecule has 0 saturated carbocycles. The van der Waals surface area contributed by atoms with Gasteiger partial charge in [-0.15, -0.1) is 0 Å². The highest BCUT2D eigenvalue weighted by molar-refractivity contribution is 5.48. The summed E-state index contributed by atoms with van der Waals surface area (Å²) in [6.07, 6.45) is 1.98. The SMILES string of the molecule is CCCNc1nc(CC(C)OC)nc(C)c1C(C)C. The molecule has 0 amide bonds. The molecule has 4 heteroatoms. The summed E-state index contributed by atoms with van der Waals surface area (Å²) in [5.74, 6) is 2.27. The van der Waals surface area contributed by atoms with Crippen molar-refractivity contribution in [2.45, 2.75) is 59.5 Å². The minimum atomic E-state index is 0.142. The second kappa shape index (κ2) is 7.43. The van der Waals surface area contributed by atoms with Gasteiger partial charge in [0.05, 0.1) is 6.10 Å². The molecule has 1 atom stereocenters. The van der Waals surface area contributed by atoms with Gasteiger partial charge >= 0.3 is 0 Å². The van der Waals surface area contributed by atoms with Gasteiger partial charge in [-0.25, -0.2) is 9.97 Å². The first-order valence-electron chi connectivity index (χ1n) is 7.13. The van der Waals surface area contributed by atoms with E-state index in [1.807, 2.05) is 6.92 Å². The van der Waals surface area contributed by atoms with E-state index in [0.717, 1.165) is 36.7 Å². The molecule has 0 aliphatic rings. The Labute approximate surface area is 117 Å². The van der Waals surface area contributed by atoms with Gasteiger partial charge in [0.2, 0.25) is 0 Å². The van der Waals surface area contributed by atoms with E-state index in [4.69, 9.17) is 4.74 Å². The van der Waals surface area contributed by atoms with Crippen molar-refractivity contribution in [2.24, 2.45) is 0 Å². The first-order chi connectivity index (χ1) is 8.99. The molecule has 0 bridgehead atoms. The summed E-state index contributed by atoms with van der Waals surface area (Å²) in [5.41, 5.74) is 2.30. The van der Waals surface area contributed by atoms with Crippen LogP contribution in [-0.2, 0) is 11.2 Å². The Morgan fingerprint density at radius 1 is 1.21 bits per heavy atom. The highest BCUT2D eigenvalue weighted by Gasteiger charge is 2.15. The molecule has 0 fully saturated rings. The molecule has 1 aromatic heterocycles. The standard InChI is InChI=1S/C15H27N3O/c1-7-8-16-15-14(10(2)3)12(5)17-13(18-15)9-11(4)19-6/h10-11H,7-9H2,1-6H3,(H,16,17,18). The van der Waals surface area contributed by atoms with Crippen molar-refractivity contribution < 1.29 is 4.74 Å². The van der Waals surface area contributed by atoms with E-state index in [1.54, 1.807) is 7.11 Å². The zero-order valence-electron chi connectivity index (χ0n) is 13.1. The van der Waals surface area contributed by atoms with E-state index in [2.05, 4.69) is 43.0 Å². The van der Waals surface area contributed by atoms with Crippen LogP contribution in [0.1, 0.15) is 57.1 Å². The number of nitrogens with one attached hydrogen (secondary N) is 1. The molecule has 1 unspecified atom stereocenters. The lowest BCUT2D eigenvalue weighted by molar-refractivity contribution is 0.117. The van der Waals surface area contributed by atoms with Gasteiger partial charge < -0.3 is 10.1 Å². The van der Waals surface area contributed by atoms with Crippen LogP contribution in [0.3, 0.4) is 0 Å². The van der Waals surface area contributed by atoms with Crippen molar-refractivity contribution in [3.05, 3.63) is 17.1 Å². The van der Waals surface area contributed by atoms with Crippen molar-refractivity contribution in [1.82, 2.24) is 9.97 Å². The van der Waals surface area contributed by atoms with E-state index in [0.29, 0.717) is 5.92 Å². The van der Waals surface area contributed by atoms with Gasteiger partial charge in [-0.2, -0.15) is 0 Å². The van der Waals surface area contributed by atoms with Crippen LogP contribution in [-0.4, -0.2) is 29.7 Å². The second-order valence-electron chi connectivity index (χ2n) is 5.32. The van der Waals surface area contributed by atoms with E-state index >= 15 is 0 Å². The van der Waals surface area contributed by atoms with Crippen LogP contribution in [0.25, 0.3) is 0 Å². The first-order valence-corrected chi connectivity index (χ1v) is 7.13. The largest absolute Gasteiger partial charge is 0.381 e.